The number of amides is 1. The Hall–Kier alpha value is -1.36. The van der Waals surface area contributed by atoms with E-state index in [0.717, 1.165) is 51.4 Å². The zero-order chi connectivity index (χ0) is 13.5. The number of imidazole rings is 1. The van der Waals surface area contributed by atoms with Gasteiger partial charge in [-0.15, -0.1) is 0 Å². The third-order valence-corrected chi connectivity index (χ3v) is 3.51. The van der Waals surface area contributed by atoms with Crippen molar-refractivity contribution >= 4 is 5.91 Å². The number of ether oxygens (including phenoxy) is 1. The number of aryl methyl sites for hydroxylation is 2. The van der Waals surface area contributed by atoms with Crippen molar-refractivity contribution in [2.45, 2.75) is 39.2 Å². The lowest BCUT2D eigenvalue weighted by molar-refractivity contribution is -0.122. The molecular formula is C14H23N3O2. The predicted molar refractivity (Wildman–Crippen MR) is 72.8 cm³/mol. The van der Waals surface area contributed by atoms with Gasteiger partial charge in [0.2, 0.25) is 5.91 Å². The molecule has 5 heteroatoms. The van der Waals surface area contributed by atoms with E-state index in [0.29, 0.717) is 12.3 Å². The first-order chi connectivity index (χ1) is 9.29. The van der Waals surface area contributed by atoms with Crippen LogP contribution in [0, 0.1) is 5.92 Å². The summed E-state index contributed by atoms with van der Waals surface area (Å²) < 4.78 is 7.42. The van der Waals surface area contributed by atoms with Gasteiger partial charge < -0.3 is 14.6 Å². The molecule has 0 unspecified atom stereocenters. The maximum atomic E-state index is 11.7. The molecule has 0 aromatic carbocycles. The van der Waals surface area contributed by atoms with Gasteiger partial charge in [0.15, 0.2) is 0 Å². The van der Waals surface area contributed by atoms with E-state index >= 15 is 0 Å². The van der Waals surface area contributed by atoms with Crippen LogP contribution in [0.2, 0.25) is 0 Å². The van der Waals surface area contributed by atoms with Crippen molar-refractivity contribution in [1.82, 2.24) is 14.9 Å². The van der Waals surface area contributed by atoms with Crippen LogP contribution >= 0.6 is 0 Å². The fourth-order valence-electron chi connectivity index (χ4n) is 2.41. The second-order valence-electron chi connectivity index (χ2n) is 5.03. The summed E-state index contributed by atoms with van der Waals surface area (Å²) in [6, 6.07) is 0. The maximum absolute atomic E-state index is 11.7. The highest BCUT2D eigenvalue weighted by atomic mass is 16.5. The van der Waals surface area contributed by atoms with E-state index < -0.39 is 0 Å². The van der Waals surface area contributed by atoms with E-state index in [1.54, 1.807) is 0 Å². The summed E-state index contributed by atoms with van der Waals surface area (Å²) in [4.78, 5) is 16.0. The zero-order valence-electron chi connectivity index (χ0n) is 11.6. The Bertz CT molecular complexity index is 397. The molecule has 1 atom stereocenters. The van der Waals surface area contributed by atoms with Crippen LogP contribution in [-0.2, 0) is 22.5 Å². The maximum Gasteiger partial charge on any atom is 0.220 e. The van der Waals surface area contributed by atoms with Crippen LogP contribution in [0.25, 0.3) is 0 Å². The molecule has 5 nitrogen and oxygen atoms in total. The average molecular weight is 265 g/mol. The number of rotatable bonds is 7. The third-order valence-electron chi connectivity index (χ3n) is 3.51. The molecule has 1 aromatic heterocycles. The van der Waals surface area contributed by atoms with Crippen LogP contribution in [0.4, 0.5) is 0 Å². The minimum absolute atomic E-state index is 0.150. The number of hydrogen-bond donors (Lipinski definition) is 1. The lowest BCUT2D eigenvalue weighted by Crippen LogP contribution is -2.27. The van der Waals surface area contributed by atoms with Crippen LogP contribution in [0.5, 0.6) is 0 Å². The van der Waals surface area contributed by atoms with Gasteiger partial charge in [-0.2, -0.15) is 0 Å². The fraction of sp³-hybridized carbons (Fsp3) is 0.714. The second-order valence-corrected chi connectivity index (χ2v) is 5.03. The van der Waals surface area contributed by atoms with Crippen molar-refractivity contribution in [2.24, 2.45) is 5.92 Å². The van der Waals surface area contributed by atoms with Crippen molar-refractivity contribution in [3.05, 3.63) is 18.2 Å². The molecule has 2 heterocycles. The van der Waals surface area contributed by atoms with Gasteiger partial charge in [0.05, 0.1) is 0 Å². The predicted octanol–water partition coefficient (Wildman–Crippen LogP) is 1.38. The van der Waals surface area contributed by atoms with E-state index in [4.69, 9.17) is 4.74 Å². The van der Waals surface area contributed by atoms with Gasteiger partial charge in [0, 0.05) is 51.5 Å². The fourth-order valence-corrected chi connectivity index (χ4v) is 2.41. The van der Waals surface area contributed by atoms with Crippen molar-refractivity contribution in [3.8, 4) is 0 Å². The van der Waals surface area contributed by atoms with Crippen molar-refractivity contribution in [2.75, 3.05) is 19.8 Å². The van der Waals surface area contributed by atoms with Crippen molar-refractivity contribution in [3.63, 3.8) is 0 Å². The minimum atomic E-state index is 0.150. The van der Waals surface area contributed by atoms with Gasteiger partial charge in [-0.1, -0.05) is 6.92 Å². The monoisotopic (exact) mass is 265 g/mol. The molecule has 1 amide bonds. The van der Waals surface area contributed by atoms with Crippen molar-refractivity contribution < 1.29 is 9.53 Å². The van der Waals surface area contributed by atoms with Gasteiger partial charge in [-0.3, -0.25) is 4.79 Å². The van der Waals surface area contributed by atoms with Gasteiger partial charge in [0.1, 0.15) is 5.82 Å². The van der Waals surface area contributed by atoms with E-state index in [1.807, 2.05) is 12.4 Å². The van der Waals surface area contributed by atoms with Crippen LogP contribution in [-0.4, -0.2) is 35.2 Å². The lowest BCUT2D eigenvalue weighted by Gasteiger charge is -2.09. The number of nitrogens with one attached hydrogen (secondary N) is 1. The van der Waals surface area contributed by atoms with E-state index in [-0.39, 0.29) is 5.91 Å². The normalized spacial score (nSPS) is 18.7. The van der Waals surface area contributed by atoms with Gasteiger partial charge in [-0.25, -0.2) is 4.98 Å². The number of hydrogen-bond acceptors (Lipinski definition) is 3. The Kier molecular flexibility index (Phi) is 5.39. The molecule has 0 radical (unpaired) electrons. The molecule has 1 aromatic rings. The largest absolute Gasteiger partial charge is 0.381 e. The van der Waals surface area contributed by atoms with E-state index in [1.165, 1.54) is 0 Å². The lowest BCUT2D eigenvalue weighted by atomic mass is 10.1. The van der Waals surface area contributed by atoms with Gasteiger partial charge >= 0.3 is 0 Å². The molecule has 2 rings (SSSR count). The number of nitrogens with zero attached hydrogens (tertiary/aromatic N) is 2. The van der Waals surface area contributed by atoms with Crippen LogP contribution < -0.4 is 5.32 Å². The third kappa shape index (κ3) is 4.35. The standard InChI is InChI=1S/C14H23N3O2/c1-2-13-15-6-8-17(13)7-3-5-16-14(18)10-12-4-9-19-11-12/h6,8,12H,2-5,7,9-11H2,1H3,(H,16,18)/t12-/m1/s1. The Morgan fingerprint density at radius 3 is 3.26 bits per heavy atom. The molecular weight excluding hydrogens is 242 g/mol. The molecule has 0 bridgehead atoms. The first-order valence-electron chi connectivity index (χ1n) is 7.14. The Morgan fingerprint density at radius 2 is 2.53 bits per heavy atom. The van der Waals surface area contributed by atoms with E-state index in [9.17, 15) is 4.79 Å². The van der Waals surface area contributed by atoms with Crippen LogP contribution in [0.15, 0.2) is 12.4 Å². The highest BCUT2D eigenvalue weighted by Gasteiger charge is 2.18. The highest BCUT2D eigenvalue weighted by Crippen LogP contribution is 2.15. The summed E-state index contributed by atoms with van der Waals surface area (Å²) in [6.45, 7) is 5.29. The molecule has 1 aliphatic heterocycles. The van der Waals surface area contributed by atoms with Crippen molar-refractivity contribution in [1.29, 1.82) is 0 Å². The number of carbonyl (C=O) groups excluding carboxylic acids is 1. The van der Waals surface area contributed by atoms with Gasteiger partial charge in [-0.05, 0) is 18.8 Å². The molecule has 0 spiro atoms. The molecule has 0 saturated carbocycles. The Balaban J connectivity index is 1.59. The first-order valence-corrected chi connectivity index (χ1v) is 7.14. The molecule has 19 heavy (non-hydrogen) atoms. The molecule has 1 aliphatic rings. The minimum Gasteiger partial charge on any atom is -0.381 e. The topological polar surface area (TPSA) is 56.2 Å². The molecule has 0 aliphatic carbocycles. The molecule has 1 N–H and O–H groups in total. The molecule has 1 fully saturated rings. The smallest absolute Gasteiger partial charge is 0.220 e. The summed E-state index contributed by atoms with van der Waals surface area (Å²) >= 11 is 0. The van der Waals surface area contributed by atoms with Crippen LogP contribution in [0.1, 0.15) is 32.0 Å². The Morgan fingerprint density at radius 1 is 1.63 bits per heavy atom. The van der Waals surface area contributed by atoms with Gasteiger partial charge in [0.25, 0.3) is 0 Å². The average Bonchev–Trinajstić information content (AvgIpc) is 3.05. The summed E-state index contributed by atoms with van der Waals surface area (Å²) in [5, 5.41) is 2.98. The summed E-state index contributed by atoms with van der Waals surface area (Å²) in [5.41, 5.74) is 0. The summed E-state index contributed by atoms with van der Waals surface area (Å²) in [7, 11) is 0. The SMILES string of the molecule is CCc1nccn1CCCNC(=O)C[C@H]1CCOC1. The Labute approximate surface area is 114 Å². The summed E-state index contributed by atoms with van der Waals surface area (Å²) in [5.74, 6) is 1.67. The zero-order valence-corrected chi connectivity index (χ0v) is 11.6. The first kappa shape index (κ1) is 14.1. The highest BCUT2D eigenvalue weighted by molar-refractivity contribution is 5.76. The van der Waals surface area contributed by atoms with E-state index in [2.05, 4.69) is 21.8 Å². The number of carbonyl (C=O) groups is 1. The number of aromatic nitrogens is 2. The summed E-state index contributed by atoms with van der Waals surface area (Å²) in [6.07, 6.45) is 7.33. The molecule has 106 valence electrons. The molecule has 1 saturated heterocycles. The quantitative estimate of drug-likeness (QED) is 0.758. The van der Waals surface area contributed by atoms with Crippen LogP contribution in [0.3, 0.4) is 0 Å². The second kappa shape index (κ2) is 7.28.